The van der Waals surface area contributed by atoms with Crippen LogP contribution in [-0.4, -0.2) is 23.9 Å². The van der Waals surface area contributed by atoms with Gasteiger partial charge in [-0.25, -0.2) is 0 Å². The summed E-state index contributed by atoms with van der Waals surface area (Å²) in [5.74, 6) is 0.837. The quantitative estimate of drug-likeness (QED) is 0.755. The molecule has 0 aliphatic rings. The molecule has 0 amide bonds. The second-order valence-corrected chi connectivity index (χ2v) is 3.22. The van der Waals surface area contributed by atoms with E-state index in [-0.39, 0.29) is 5.78 Å². The zero-order valence-corrected chi connectivity index (χ0v) is 8.90. The van der Waals surface area contributed by atoms with Crippen molar-refractivity contribution in [2.45, 2.75) is 19.8 Å². The van der Waals surface area contributed by atoms with Crippen molar-refractivity contribution in [2.24, 2.45) is 5.73 Å². The third-order valence-electron chi connectivity index (χ3n) is 1.91. The van der Waals surface area contributed by atoms with Crippen LogP contribution in [0.3, 0.4) is 0 Å². The Bertz CT molecular complexity index is 326. The Labute approximate surface area is 89.5 Å². The number of hydrogen-bond donors (Lipinski definition) is 1. The van der Waals surface area contributed by atoms with E-state index in [4.69, 9.17) is 10.5 Å². The number of pyridine rings is 1. The molecule has 0 bridgehead atoms. The summed E-state index contributed by atoms with van der Waals surface area (Å²) in [7, 11) is 0. The first-order valence-electron chi connectivity index (χ1n) is 5.04. The Balaban J connectivity index is 2.60. The van der Waals surface area contributed by atoms with Crippen LogP contribution in [0.25, 0.3) is 0 Å². The fourth-order valence-electron chi connectivity index (χ4n) is 1.28. The molecule has 0 unspecified atom stereocenters. The molecule has 0 spiro atoms. The average molecular weight is 208 g/mol. The van der Waals surface area contributed by atoms with Crippen LogP contribution in [0.15, 0.2) is 18.5 Å². The minimum atomic E-state index is 0.132. The molecule has 82 valence electrons. The highest BCUT2D eigenvalue weighted by Gasteiger charge is 2.04. The van der Waals surface area contributed by atoms with Gasteiger partial charge in [0.1, 0.15) is 11.5 Å². The molecule has 4 nitrogen and oxygen atoms in total. The number of ether oxygens (including phenoxy) is 1. The van der Waals surface area contributed by atoms with Crippen LogP contribution >= 0.6 is 0 Å². The van der Waals surface area contributed by atoms with Gasteiger partial charge in [-0.2, -0.15) is 0 Å². The van der Waals surface area contributed by atoms with Crippen LogP contribution in [0.5, 0.6) is 5.75 Å². The van der Waals surface area contributed by atoms with E-state index in [1.54, 1.807) is 12.4 Å². The Morgan fingerprint density at radius 1 is 1.53 bits per heavy atom. The van der Waals surface area contributed by atoms with E-state index in [1.807, 2.05) is 13.0 Å². The van der Waals surface area contributed by atoms with Crippen molar-refractivity contribution >= 4 is 5.78 Å². The second-order valence-electron chi connectivity index (χ2n) is 3.22. The molecule has 15 heavy (non-hydrogen) atoms. The predicted octanol–water partition coefficient (Wildman–Crippen LogP) is 0.941. The summed E-state index contributed by atoms with van der Waals surface area (Å²) >= 11 is 0. The van der Waals surface area contributed by atoms with Gasteiger partial charge in [0.15, 0.2) is 0 Å². The second kappa shape index (κ2) is 6.14. The van der Waals surface area contributed by atoms with Crippen LogP contribution in [0, 0.1) is 0 Å². The maximum Gasteiger partial charge on any atom is 0.138 e. The molecule has 0 fully saturated rings. The highest BCUT2D eigenvalue weighted by molar-refractivity contribution is 5.80. The third kappa shape index (κ3) is 4.08. The number of Topliss-reactive ketones (excluding diaryl/α,β-unsaturated/α-hetero) is 1. The average Bonchev–Trinajstić information content (AvgIpc) is 2.19. The van der Waals surface area contributed by atoms with Gasteiger partial charge in [0.05, 0.1) is 12.8 Å². The van der Waals surface area contributed by atoms with Crippen molar-refractivity contribution in [3.63, 3.8) is 0 Å². The molecule has 4 heteroatoms. The lowest BCUT2D eigenvalue weighted by Gasteiger charge is -2.04. The minimum absolute atomic E-state index is 0.132. The van der Waals surface area contributed by atoms with Crippen LogP contribution in [0.2, 0.25) is 0 Å². The topological polar surface area (TPSA) is 65.2 Å². The van der Waals surface area contributed by atoms with Crippen LogP contribution in [0.1, 0.15) is 18.9 Å². The number of rotatable bonds is 6. The first kappa shape index (κ1) is 11.7. The van der Waals surface area contributed by atoms with Gasteiger partial charge in [-0.15, -0.1) is 0 Å². The van der Waals surface area contributed by atoms with E-state index in [9.17, 15) is 4.79 Å². The van der Waals surface area contributed by atoms with Crippen molar-refractivity contribution in [1.82, 2.24) is 4.98 Å². The summed E-state index contributed by atoms with van der Waals surface area (Å²) < 4.78 is 5.29. The van der Waals surface area contributed by atoms with Crippen LogP contribution < -0.4 is 10.5 Å². The molecule has 1 aromatic heterocycles. The Morgan fingerprint density at radius 3 is 3.00 bits per heavy atom. The van der Waals surface area contributed by atoms with Crippen LogP contribution in [-0.2, 0) is 11.2 Å². The zero-order valence-electron chi connectivity index (χ0n) is 8.90. The fraction of sp³-hybridized carbons (Fsp3) is 0.455. The van der Waals surface area contributed by atoms with Gasteiger partial charge in [-0.1, -0.05) is 0 Å². The summed E-state index contributed by atoms with van der Waals surface area (Å²) in [5.41, 5.74) is 6.17. The fourth-order valence-corrected chi connectivity index (χ4v) is 1.28. The van der Waals surface area contributed by atoms with E-state index >= 15 is 0 Å². The molecule has 0 saturated heterocycles. The van der Waals surface area contributed by atoms with Gasteiger partial charge in [0.2, 0.25) is 0 Å². The SMILES string of the molecule is CCOc1cncc(CC(=O)CCN)c1. The molecule has 1 aromatic rings. The number of ketones is 1. The molecule has 0 saturated carbocycles. The number of nitrogens with zero attached hydrogens (tertiary/aromatic N) is 1. The monoisotopic (exact) mass is 208 g/mol. The van der Waals surface area contributed by atoms with E-state index in [0.29, 0.717) is 31.7 Å². The lowest BCUT2D eigenvalue weighted by atomic mass is 10.1. The number of nitrogens with two attached hydrogens (primary N) is 1. The lowest BCUT2D eigenvalue weighted by Crippen LogP contribution is -2.10. The largest absolute Gasteiger partial charge is 0.492 e. The first-order valence-corrected chi connectivity index (χ1v) is 5.04. The predicted molar refractivity (Wildman–Crippen MR) is 57.8 cm³/mol. The van der Waals surface area contributed by atoms with E-state index in [1.165, 1.54) is 0 Å². The third-order valence-corrected chi connectivity index (χ3v) is 1.91. The number of carbonyl (C=O) groups is 1. The number of hydrogen-bond acceptors (Lipinski definition) is 4. The minimum Gasteiger partial charge on any atom is -0.492 e. The van der Waals surface area contributed by atoms with Crippen LogP contribution in [0.4, 0.5) is 0 Å². The standard InChI is InChI=1S/C11H16N2O2/c1-2-15-11-6-9(7-13-8-11)5-10(14)3-4-12/h6-8H,2-5,12H2,1H3. The smallest absolute Gasteiger partial charge is 0.138 e. The van der Waals surface area contributed by atoms with Crippen molar-refractivity contribution in [3.05, 3.63) is 24.0 Å². The van der Waals surface area contributed by atoms with Gasteiger partial charge in [0, 0.05) is 19.0 Å². The molecule has 1 heterocycles. The maximum atomic E-state index is 11.3. The normalized spacial score (nSPS) is 10.0. The molecule has 0 aromatic carbocycles. The van der Waals surface area contributed by atoms with E-state index in [0.717, 1.165) is 5.56 Å². The van der Waals surface area contributed by atoms with Crippen molar-refractivity contribution < 1.29 is 9.53 Å². The number of aromatic nitrogens is 1. The van der Waals surface area contributed by atoms with Gasteiger partial charge < -0.3 is 10.5 Å². The number of carbonyl (C=O) groups excluding carboxylic acids is 1. The first-order chi connectivity index (χ1) is 7.26. The highest BCUT2D eigenvalue weighted by Crippen LogP contribution is 2.11. The van der Waals surface area contributed by atoms with Crippen molar-refractivity contribution in [2.75, 3.05) is 13.2 Å². The lowest BCUT2D eigenvalue weighted by molar-refractivity contribution is -0.118. The zero-order chi connectivity index (χ0) is 11.1. The summed E-state index contributed by atoms with van der Waals surface area (Å²) in [5, 5.41) is 0. The Kier molecular flexibility index (Phi) is 4.77. The maximum absolute atomic E-state index is 11.3. The van der Waals surface area contributed by atoms with Crippen molar-refractivity contribution in [1.29, 1.82) is 0 Å². The molecular formula is C11H16N2O2. The summed E-state index contributed by atoms with van der Waals surface area (Å²) in [6, 6.07) is 1.84. The molecule has 0 atom stereocenters. The van der Waals surface area contributed by atoms with E-state index < -0.39 is 0 Å². The van der Waals surface area contributed by atoms with E-state index in [2.05, 4.69) is 4.98 Å². The summed E-state index contributed by atoms with van der Waals surface area (Å²) in [6.45, 7) is 2.91. The molecule has 2 N–H and O–H groups in total. The Morgan fingerprint density at radius 2 is 2.33 bits per heavy atom. The van der Waals surface area contributed by atoms with Gasteiger partial charge >= 0.3 is 0 Å². The molecular weight excluding hydrogens is 192 g/mol. The van der Waals surface area contributed by atoms with Gasteiger partial charge in [0.25, 0.3) is 0 Å². The van der Waals surface area contributed by atoms with Gasteiger partial charge in [-0.05, 0) is 25.1 Å². The molecule has 0 aliphatic carbocycles. The Hall–Kier alpha value is -1.42. The molecule has 0 radical (unpaired) electrons. The molecule has 0 aliphatic heterocycles. The summed E-state index contributed by atoms with van der Waals surface area (Å²) in [4.78, 5) is 15.3. The van der Waals surface area contributed by atoms with Crippen molar-refractivity contribution in [3.8, 4) is 5.75 Å². The highest BCUT2D eigenvalue weighted by atomic mass is 16.5. The summed E-state index contributed by atoms with van der Waals surface area (Å²) in [6.07, 6.45) is 4.11. The van der Waals surface area contributed by atoms with Gasteiger partial charge in [-0.3, -0.25) is 9.78 Å². The molecule has 1 rings (SSSR count).